The van der Waals surface area contributed by atoms with Gasteiger partial charge in [-0.15, -0.1) is 0 Å². The zero-order valence-electron chi connectivity index (χ0n) is 19.9. The molecule has 0 saturated carbocycles. The number of pyridine rings is 1. The average Bonchev–Trinajstić information content (AvgIpc) is 3.15. The molecule has 0 spiro atoms. The smallest absolute Gasteiger partial charge is 0.270 e. The fourth-order valence-electron chi connectivity index (χ4n) is 4.78. The summed E-state index contributed by atoms with van der Waals surface area (Å²) in [5, 5.41) is 14.6. The van der Waals surface area contributed by atoms with Gasteiger partial charge in [0, 0.05) is 51.4 Å². The lowest BCUT2D eigenvalue weighted by molar-refractivity contribution is -0.115. The monoisotopic (exact) mass is 466 g/mol. The molecule has 2 aromatic rings. The Morgan fingerprint density at radius 1 is 1.03 bits per heavy atom. The van der Waals surface area contributed by atoms with Crippen molar-refractivity contribution < 1.29 is 9.18 Å². The molecule has 1 amide bonds. The number of likely N-dealkylation sites (tertiary alicyclic amines) is 1. The van der Waals surface area contributed by atoms with Crippen molar-refractivity contribution in [1.82, 2.24) is 15.2 Å². The first kappa shape index (κ1) is 24.1. The number of piperidine rings is 1. The second kappa shape index (κ2) is 11.4. The Kier molecular flexibility index (Phi) is 8.11. The van der Waals surface area contributed by atoms with E-state index in [2.05, 4.69) is 20.4 Å². The number of amides is 1. The first-order chi connectivity index (χ1) is 16.5. The van der Waals surface area contributed by atoms with Gasteiger partial charge in [0.1, 0.15) is 23.2 Å². The van der Waals surface area contributed by atoms with Crippen LogP contribution in [0.15, 0.2) is 36.4 Å². The summed E-state index contributed by atoms with van der Waals surface area (Å²) in [6.45, 7) is 4.46. The minimum Gasteiger partial charge on any atom is -0.373 e. The quantitative estimate of drug-likeness (QED) is 0.541. The van der Waals surface area contributed by atoms with Crippen LogP contribution in [0.2, 0.25) is 0 Å². The molecule has 4 rings (SSSR count). The third kappa shape index (κ3) is 6.11. The van der Waals surface area contributed by atoms with Crippen LogP contribution in [0.1, 0.15) is 49.7 Å². The van der Waals surface area contributed by atoms with Gasteiger partial charge in [0.15, 0.2) is 0 Å². The highest BCUT2D eigenvalue weighted by Gasteiger charge is 2.24. The van der Waals surface area contributed by atoms with E-state index in [1.807, 2.05) is 24.3 Å². The third-order valence-corrected chi connectivity index (χ3v) is 6.79. The number of carbonyl (C=O) groups is 1. The van der Waals surface area contributed by atoms with Gasteiger partial charge in [-0.3, -0.25) is 15.1 Å². The molecule has 0 unspecified atom stereocenters. The van der Waals surface area contributed by atoms with E-state index < -0.39 is 0 Å². The molecule has 1 aromatic heterocycles. The lowest BCUT2D eigenvalue weighted by Crippen LogP contribution is -2.46. The number of rotatable bonds is 7. The van der Waals surface area contributed by atoms with Gasteiger partial charge in [-0.05, 0) is 55.5 Å². The Labute approximate surface area is 201 Å². The Morgan fingerprint density at radius 2 is 1.71 bits per heavy atom. The lowest BCUT2D eigenvalue weighted by Gasteiger charge is -2.32. The van der Waals surface area contributed by atoms with E-state index in [-0.39, 0.29) is 23.5 Å². The number of nitrogens with zero attached hydrogens (tertiary/aromatic N) is 3. The highest BCUT2D eigenvalue weighted by molar-refractivity contribution is 6.45. The maximum Gasteiger partial charge on any atom is 0.270 e. The molecule has 2 aliphatic heterocycles. The lowest BCUT2D eigenvalue weighted by atomic mass is 10.0. The normalized spacial score (nSPS) is 17.8. The fourth-order valence-corrected chi connectivity index (χ4v) is 4.78. The minimum absolute atomic E-state index is 0.0414. The van der Waals surface area contributed by atoms with E-state index >= 15 is 0 Å². The second-order valence-corrected chi connectivity index (χ2v) is 9.24. The number of aromatic nitrogens is 1. The Balaban J connectivity index is 1.31. The first-order valence-electron chi connectivity index (χ1n) is 12.3. The first-order valence-corrected chi connectivity index (χ1v) is 12.3. The van der Waals surface area contributed by atoms with Crippen LogP contribution in [-0.4, -0.2) is 60.8 Å². The van der Waals surface area contributed by atoms with Crippen LogP contribution < -0.4 is 15.5 Å². The van der Waals surface area contributed by atoms with Gasteiger partial charge in [-0.25, -0.2) is 9.37 Å². The van der Waals surface area contributed by atoms with Crippen molar-refractivity contribution in [2.24, 2.45) is 0 Å². The molecule has 0 aliphatic carbocycles. The van der Waals surface area contributed by atoms with Crippen molar-refractivity contribution in [2.75, 3.05) is 43.4 Å². The van der Waals surface area contributed by atoms with E-state index in [1.165, 1.54) is 37.8 Å². The molecule has 3 N–H and O–H groups in total. The van der Waals surface area contributed by atoms with Crippen LogP contribution in [0.3, 0.4) is 0 Å². The molecule has 2 saturated heterocycles. The minimum atomic E-state index is -0.363. The van der Waals surface area contributed by atoms with Crippen LogP contribution in [0.25, 0.3) is 0 Å². The fraction of sp³-hybridized carbons (Fsp3) is 0.500. The molecule has 0 bridgehead atoms. The van der Waals surface area contributed by atoms with Gasteiger partial charge in [-0.1, -0.05) is 25.0 Å². The zero-order chi connectivity index (χ0) is 23.9. The van der Waals surface area contributed by atoms with E-state index in [0.29, 0.717) is 11.4 Å². The largest absolute Gasteiger partial charge is 0.373 e. The maximum atomic E-state index is 13.1. The summed E-state index contributed by atoms with van der Waals surface area (Å²) in [6, 6.07) is 10.4. The van der Waals surface area contributed by atoms with E-state index in [1.54, 1.807) is 7.05 Å². The molecule has 2 aliphatic rings. The van der Waals surface area contributed by atoms with Gasteiger partial charge >= 0.3 is 0 Å². The third-order valence-electron chi connectivity index (χ3n) is 6.79. The number of hydrogen-bond acceptors (Lipinski definition) is 6. The SMILES string of the molecule is CNc1nc(N2CCCCCC2)ccc1C(=N)C(=O)NC1CCN(Cc2ccc(F)cc2)CC1. The number of anilines is 2. The molecule has 0 atom stereocenters. The van der Waals surface area contributed by atoms with Crippen LogP contribution >= 0.6 is 0 Å². The molecule has 3 heterocycles. The summed E-state index contributed by atoms with van der Waals surface area (Å²) < 4.78 is 13.1. The zero-order valence-corrected chi connectivity index (χ0v) is 19.9. The van der Waals surface area contributed by atoms with Crippen LogP contribution in [0.5, 0.6) is 0 Å². The van der Waals surface area contributed by atoms with Gasteiger partial charge < -0.3 is 15.5 Å². The molecule has 34 heavy (non-hydrogen) atoms. The van der Waals surface area contributed by atoms with Crippen molar-refractivity contribution in [2.45, 2.75) is 51.1 Å². The van der Waals surface area contributed by atoms with Crippen molar-refractivity contribution in [1.29, 1.82) is 5.41 Å². The van der Waals surface area contributed by atoms with Crippen molar-refractivity contribution >= 4 is 23.3 Å². The van der Waals surface area contributed by atoms with Gasteiger partial charge in [-0.2, -0.15) is 0 Å². The van der Waals surface area contributed by atoms with Crippen molar-refractivity contribution in [3.05, 3.63) is 53.3 Å². The van der Waals surface area contributed by atoms with E-state index in [0.717, 1.165) is 56.9 Å². The highest BCUT2D eigenvalue weighted by atomic mass is 19.1. The van der Waals surface area contributed by atoms with Gasteiger partial charge in [0.25, 0.3) is 5.91 Å². The maximum absolute atomic E-state index is 13.1. The highest BCUT2D eigenvalue weighted by Crippen LogP contribution is 2.23. The molecule has 8 heteroatoms. The number of nitrogens with one attached hydrogen (secondary N) is 3. The standard InChI is InChI=1S/C26H35FN6O/c1-29-25-22(10-11-23(31-25)33-14-4-2-3-5-15-33)24(28)26(34)30-21-12-16-32(17-13-21)18-19-6-8-20(27)9-7-19/h6-11,21,28H,2-5,12-18H2,1H3,(H,29,31)(H,30,34). The summed E-state index contributed by atoms with van der Waals surface area (Å²) in [5.41, 5.74) is 1.54. The molecule has 2 fully saturated rings. The number of carbonyl (C=O) groups excluding carboxylic acids is 1. The second-order valence-electron chi connectivity index (χ2n) is 9.24. The van der Waals surface area contributed by atoms with Crippen LogP contribution in [0, 0.1) is 11.2 Å². The molecular formula is C26H35FN6O. The summed E-state index contributed by atoms with van der Waals surface area (Å²) >= 11 is 0. The predicted molar refractivity (Wildman–Crippen MR) is 134 cm³/mol. The van der Waals surface area contributed by atoms with Crippen molar-refractivity contribution in [3.63, 3.8) is 0 Å². The van der Waals surface area contributed by atoms with E-state index in [9.17, 15) is 9.18 Å². The number of hydrogen-bond donors (Lipinski definition) is 3. The van der Waals surface area contributed by atoms with Crippen LogP contribution in [-0.2, 0) is 11.3 Å². The van der Waals surface area contributed by atoms with Crippen LogP contribution in [0.4, 0.5) is 16.0 Å². The number of benzene rings is 1. The van der Waals surface area contributed by atoms with Crippen molar-refractivity contribution in [3.8, 4) is 0 Å². The molecular weight excluding hydrogens is 431 g/mol. The molecule has 182 valence electrons. The molecule has 1 aromatic carbocycles. The Bertz CT molecular complexity index is 979. The summed E-state index contributed by atoms with van der Waals surface area (Å²) in [4.78, 5) is 22.2. The summed E-state index contributed by atoms with van der Waals surface area (Å²) in [7, 11) is 1.78. The molecule has 7 nitrogen and oxygen atoms in total. The van der Waals surface area contributed by atoms with E-state index in [4.69, 9.17) is 10.4 Å². The average molecular weight is 467 g/mol. The van der Waals surface area contributed by atoms with Gasteiger partial charge in [0.2, 0.25) is 0 Å². The Hall–Kier alpha value is -3.00. The van der Waals surface area contributed by atoms with Gasteiger partial charge in [0.05, 0.1) is 0 Å². The summed E-state index contributed by atoms with van der Waals surface area (Å²) in [6.07, 6.45) is 6.49. The number of halogens is 1. The topological polar surface area (TPSA) is 84.4 Å². The molecule has 0 radical (unpaired) electrons. The Morgan fingerprint density at radius 3 is 2.35 bits per heavy atom. The summed E-state index contributed by atoms with van der Waals surface area (Å²) in [5.74, 6) is 0.881. The predicted octanol–water partition coefficient (Wildman–Crippen LogP) is 3.79.